The number of nitrogens with one attached hydrogen (secondary N) is 1. The highest BCUT2D eigenvalue weighted by Crippen LogP contribution is 2.18. The Morgan fingerprint density at radius 3 is 2.75 bits per heavy atom. The van der Waals surface area contributed by atoms with Crippen molar-refractivity contribution < 1.29 is 8.78 Å². The second-order valence-corrected chi connectivity index (χ2v) is 5.40. The van der Waals surface area contributed by atoms with Crippen molar-refractivity contribution in [3.05, 3.63) is 58.5 Å². The summed E-state index contributed by atoms with van der Waals surface area (Å²) in [4.78, 5) is 20.6. The highest BCUT2D eigenvalue weighted by Gasteiger charge is 2.08. The minimum atomic E-state index is -0.958. The van der Waals surface area contributed by atoms with Gasteiger partial charge in [0.05, 0.1) is 0 Å². The van der Waals surface area contributed by atoms with Crippen LogP contribution in [0.2, 0.25) is 0 Å². The van der Waals surface area contributed by atoms with Crippen molar-refractivity contribution in [1.29, 1.82) is 0 Å². The molecule has 0 aliphatic heterocycles. The molecule has 3 rings (SSSR count). The molecule has 0 aliphatic rings. The molecule has 3 aromatic rings. The Hall–Kier alpha value is -2.83. The van der Waals surface area contributed by atoms with E-state index < -0.39 is 11.6 Å². The van der Waals surface area contributed by atoms with Crippen molar-refractivity contribution in [3.8, 4) is 0 Å². The summed E-state index contributed by atoms with van der Waals surface area (Å²) in [5.74, 6) is -1.67. The lowest BCUT2D eigenvalue weighted by atomic mass is 10.3. The molecule has 2 heterocycles. The van der Waals surface area contributed by atoms with Gasteiger partial charge in [0.25, 0.3) is 5.56 Å². The Labute approximate surface area is 137 Å². The predicted octanol–water partition coefficient (Wildman–Crippen LogP) is 3.61. The van der Waals surface area contributed by atoms with Crippen molar-refractivity contribution >= 4 is 22.7 Å². The largest absolute Gasteiger partial charge is 0.324 e. The van der Waals surface area contributed by atoms with Gasteiger partial charge >= 0.3 is 0 Å². The summed E-state index contributed by atoms with van der Waals surface area (Å²) in [6, 6.07) is 6.60. The number of anilines is 2. The van der Waals surface area contributed by atoms with Crippen LogP contribution in [-0.4, -0.2) is 14.5 Å². The number of aryl methyl sites for hydroxylation is 1. The number of nitrogens with zero attached hydrogens (tertiary/aromatic N) is 3. The molecule has 1 aromatic carbocycles. The molecule has 7 heteroatoms. The number of fused-ring (bicyclic) bond motifs is 1. The van der Waals surface area contributed by atoms with Crippen LogP contribution in [0.25, 0.3) is 11.0 Å². The molecule has 2 aromatic heterocycles. The number of rotatable bonds is 5. The third kappa shape index (κ3) is 3.24. The van der Waals surface area contributed by atoms with Gasteiger partial charge in [-0.3, -0.25) is 9.36 Å². The number of unbranched alkanes of at least 4 members (excludes halogenated alkanes) is 1. The van der Waals surface area contributed by atoms with Crippen LogP contribution < -0.4 is 10.9 Å². The fourth-order valence-corrected chi connectivity index (χ4v) is 2.37. The maximum Gasteiger partial charge on any atom is 0.252 e. The minimum Gasteiger partial charge on any atom is -0.324 e. The van der Waals surface area contributed by atoms with Gasteiger partial charge in [-0.25, -0.2) is 13.8 Å². The Bertz CT molecular complexity index is 940. The van der Waals surface area contributed by atoms with Crippen LogP contribution in [0.1, 0.15) is 19.8 Å². The zero-order chi connectivity index (χ0) is 17.1. The average Bonchev–Trinajstić information content (AvgIpc) is 2.57. The summed E-state index contributed by atoms with van der Waals surface area (Å²) >= 11 is 0. The van der Waals surface area contributed by atoms with E-state index in [0.29, 0.717) is 17.9 Å². The first-order valence-corrected chi connectivity index (χ1v) is 7.67. The number of halogens is 2. The first-order valence-electron chi connectivity index (χ1n) is 7.67. The summed E-state index contributed by atoms with van der Waals surface area (Å²) in [5.41, 5.74) is 0.705. The second kappa shape index (κ2) is 6.74. The molecule has 0 unspecified atom stereocenters. The van der Waals surface area contributed by atoms with Crippen molar-refractivity contribution in [2.45, 2.75) is 26.3 Å². The highest BCUT2D eigenvalue weighted by molar-refractivity contribution is 5.75. The number of benzene rings is 1. The van der Waals surface area contributed by atoms with Gasteiger partial charge in [-0.15, -0.1) is 0 Å². The van der Waals surface area contributed by atoms with Gasteiger partial charge < -0.3 is 5.32 Å². The van der Waals surface area contributed by atoms with Gasteiger partial charge in [-0.2, -0.15) is 4.98 Å². The van der Waals surface area contributed by atoms with Crippen molar-refractivity contribution in [2.24, 2.45) is 0 Å². The molecule has 124 valence electrons. The third-order valence-electron chi connectivity index (χ3n) is 3.63. The smallest absolute Gasteiger partial charge is 0.252 e. The van der Waals surface area contributed by atoms with Gasteiger partial charge in [0, 0.05) is 35.9 Å². The summed E-state index contributed by atoms with van der Waals surface area (Å²) < 4.78 is 27.9. The number of aromatic nitrogens is 3. The molecule has 1 N–H and O–H groups in total. The van der Waals surface area contributed by atoms with Crippen LogP contribution in [0.3, 0.4) is 0 Å². The van der Waals surface area contributed by atoms with E-state index in [1.165, 1.54) is 12.1 Å². The number of hydrogen-bond donors (Lipinski definition) is 1. The molecule has 5 nitrogen and oxygen atoms in total. The fourth-order valence-electron chi connectivity index (χ4n) is 2.37. The molecule has 0 amide bonds. The zero-order valence-electron chi connectivity index (χ0n) is 13.1. The van der Waals surface area contributed by atoms with E-state index in [2.05, 4.69) is 15.3 Å². The molecule has 0 atom stereocenters. The lowest BCUT2D eigenvalue weighted by Gasteiger charge is -2.10. The van der Waals surface area contributed by atoms with E-state index >= 15 is 0 Å². The molecule has 0 saturated heterocycles. The van der Waals surface area contributed by atoms with Crippen LogP contribution in [0.15, 0.2) is 41.3 Å². The van der Waals surface area contributed by atoms with Crippen molar-refractivity contribution in [1.82, 2.24) is 14.5 Å². The summed E-state index contributed by atoms with van der Waals surface area (Å²) in [6.07, 6.45) is 3.40. The normalized spacial score (nSPS) is 11.0. The van der Waals surface area contributed by atoms with Gasteiger partial charge in [0.2, 0.25) is 5.95 Å². The van der Waals surface area contributed by atoms with E-state index in [-0.39, 0.29) is 11.5 Å². The minimum absolute atomic E-state index is 0.131. The van der Waals surface area contributed by atoms with Crippen LogP contribution >= 0.6 is 0 Å². The lowest BCUT2D eigenvalue weighted by Crippen LogP contribution is -2.20. The van der Waals surface area contributed by atoms with Gasteiger partial charge in [0.1, 0.15) is 5.65 Å². The molecular formula is C17H16F2N4O. The van der Waals surface area contributed by atoms with Crippen molar-refractivity contribution in [3.63, 3.8) is 0 Å². The Morgan fingerprint density at radius 2 is 2.00 bits per heavy atom. The quantitative estimate of drug-likeness (QED) is 0.776. The fraction of sp³-hybridized carbons (Fsp3) is 0.235. The Kier molecular flexibility index (Phi) is 4.50. The predicted molar refractivity (Wildman–Crippen MR) is 88.3 cm³/mol. The summed E-state index contributed by atoms with van der Waals surface area (Å²) in [5, 5.41) is 3.56. The maximum absolute atomic E-state index is 13.3. The number of hydrogen-bond acceptors (Lipinski definition) is 4. The standard InChI is InChI=1S/C17H16F2N4O/c1-2-3-8-23-15(24)7-4-11-10-20-17(22-16(11)23)21-12-5-6-13(18)14(19)9-12/h4-7,9-10H,2-3,8H2,1H3,(H,20,21,22). The second-order valence-electron chi connectivity index (χ2n) is 5.40. The SMILES string of the molecule is CCCCn1c(=O)ccc2cnc(Nc3ccc(F)c(F)c3)nc21. The summed E-state index contributed by atoms with van der Waals surface area (Å²) in [7, 11) is 0. The van der Waals surface area contributed by atoms with E-state index in [1.54, 1.807) is 16.8 Å². The van der Waals surface area contributed by atoms with Crippen LogP contribution in [-0.2, 0) is 6.54 Å². The van der Waals surface area contributed by atoms with Crippen LogP contribution in [0.4, 0.5) is 20.4 Å². The maximum atomic E-state index is 13.3. The first kappa shape index (κ1) is 16.0. The molecule has 0 spiro atoms. The topological polar surface area (TPSA) is 59.8 Å². The van der Waals surface area contributed by atoms with Crippen LogP contribution in [0.5, 0.6) is 0 Å². The van der Waals surface area contributed by atoms with E-state index in [0.717, 1.165) is 30.4 Å². The van der Waals surface area contributed by atoms with Gasteiger partial charge in [-0.1, -0.05) is 13.3 Å². The molecule has 0 bridgehead atoms. The average molecular weight is 330 g/mol. The van der Waals surface area contributed by atoms with Crippen LogP contribution in [0, 0.1) is 11.6 Å². The Morgan fingerprint density at radius 1 is 1.17 bits per heavy atom. The van der Waals surface area contributed by atoms with Gasteiger partial charge in [0.15, 0.2) is 11.6 Å². The third-order valence-corrected chi connectivity index (χ3v) is 3.63. The molecule has 0 radical (unpaired) electrons. The lowest BCUT2D eigenvalue weighted by molar-refractivity contribution is 0.509. The highest BCUT2D eigenvalue weighted by atomic mass is 19.2. The number of pyridine rings is 1. The van der Waals surface area contributed by atoms with E-state index in [4.69, 9.17) is 0 Å². The molecular weight excluding hydrogens is 314 g/mol. The van der Waals surface area contributed by atoms with E-state index in [1.807, 2.05) is 6.92 Å². The van der Waals surface area contributed by atoms with E-state index in [9.17, 15) is 13.6 Å². The van der Waals surface area contributed by atoms with Crippen molar-refractivity contribution in [2.75, 3.05) is 5.32 Å². The molecule has 0 saturated carbocycles. The summed E-state index contributed by atoms with van der Waals surface area (Å²) in [6.45, 7) is 2.61. The van der Waals surface area contributed by atoms with Gasteiger partial charge in [-0.05, 0) is 24.6 Å². The molecule has 0 fully saturated rings. The molecule has 0 aliphatic carbocycles. The zero-order valence-corrected chi connectivity index (χ0v) is 13.1. The first-order chi connectivity index (χ1) is 11.6. The Balaban J connectivity index is 2.00. The molecule has 24 heavy (non-hydrogen) atoms. The monoisotopic (exact) mass is 330 g/mol.